The van der Waals surface area contributed by atoms with Gasteiger partial charge in [0.05, 0.1) is 6.04 Å². The average molecular weight is 329 g/mol. The number of carbonyl (C=O) groups excluding carboxylic acids is 1. The van der Waals surface area contributed by atoms with Crippen LogP contribution in [0.3, 0.4) is 0 Å². The molecule has 0 aliphatic carbocycles. The molecule has 5 heteroatoms. The highest BCUT2D eigenvalue weighted by molar-refractivity contribution is 5.33. The van der Waals surface area contributed by atoms with Gasteiger partial charge in [-0.1, -0.05) is 32.1 Å². The average Bonchev–Trinajstić information content (AvgIpc) is 2.51. The molecule has 0 N–H and O–H groups in total. The summed E-state index contributed by atoms with van der Waals surface area (Å²) in [5, 5.41) is 0. The minimum atomic E-state index is -0.861. The summed E-state index contributed by atoms with van der Waals surface area (Å²) in [7, 11) is 0. The van der Waals surface area contributed by atoms with E-state index in [2.05, 4.69) is 4.99 Å². The topological polar surface area (TPSA) is 57.1 Å². The fourth-order valence-electron chi connectivity index (χ4n) is 2.64. The van der Waals surface area contributed by atoms with Gasteiger partial charge < -0.3 is 14.2 Å². The zero-order valence-corrected chi connectivity index (χ0v) is 15.4. The third-order valence-electron chi connectivity index (χ3n) is 3.72. The lowest BCUT2D eigenvalue weighted by Crippen LogP contribution is -2.39. The molecule has 0 rings (SSSR count). The normalized spacial score (nSPS) is 12.9. The van der Waals surface area contributed by atoms with Gasteiger partial charge >= 0.3 is 0 Å². The number of isocyanates is 1. The Balaban J connectivity index is 3.82. The summed E-state index contributed by atoms with van der Waals surface area (Å²) < 4.78 is 17.2. The van der Waals surface area contributed by atoms with Crippen molar-refractivity contribution >= 4 is 6.08 Å². The van der Waals surface area contributed by atoms with Crippen molar-refractivity contribution in [2.24, 2.45) is 4.99 Å². The molecule has 1 atom stereocenters. The summed E-state index contributed by atoms with van der Waals surface area (Å²) in [6, 6.07) is 0.108. The second-order valence-corrected chi connectivity index (χ2v) is 5.71. The van der Waals surface area contributed by atoms with Gasteiger partial charge in [0.2, 0.25) is 6.08 Å². The quantitative estimate of drug-likeness (QED) is 0.180. The summed E-state index contributed by atoms with van der Waals surface area (Å²) in [5.41, 5.74) is 0. The summed E-state index contributed by atoms with van der Waals surface area (Å²) in [5.74, 6) is -0.861. The van der Waals surface area contributed by atoms with Crippen molar-refractivity contribution in [1.82, 2.24) is 0 Å². The van der Waals surface area contributed by atoms with Crippen molar-refractivity contribution in [1.29, 1.82) is 0 Å². The highest BCUT2D eigenvalue weighted by Gasteiger charge is 2.31. The minimum Gasteiger partial charge on any atom is -0.328 e. The molecular weight excluding hydrogens is 294 g/mol. The number of aliphatic imine (C=N–C) groups is 1. The number of unbranched alkanes of at least 4 members (excludes halogenated alkanes) is 5. The predicted octanol–water partition coefficient (Wildman–Crippen LogP) is 4.59. The van der Waals surface area contributed by atoms with E-state index >= 15 is 0 Å². The number of hydrogen-bond donors (Lipinski definition) is 0. The molecule has 0 aromatic heterocycles. The van der Waals surface area contributed by atoms with E-state index in [-0.39, 0.29) is 6.04 Å². The number of ether oxygens (including phenoxy) is 3. The van der Waals surface area contributed by atoms with Crippen LogP contribution in [0.5, 0.6) is 0 Å². The maximum atomic E-state index is 10.1. The number of rotatable bonds is 16. The zero-order valence-electron chi connectivity index (χ0n) is 15.4. The van der Waals surface area contributed by atoms with Crippen molar-refractivity contribution in [2.75, 3.05) is 19.8 Å². The lowest BCUT2D eigenvalue weighted by atomic mass is 10.1. The fourth-order valence-corrected chi connectivity index (χ4v) is 2.64. The Morgan fingerprint density at radius 2 is 1.35 bits per heavy atom. The number of nitrogens with zero attached hydrogens (tertiary/aromatic N) is 1. The van der Waals surface area contributed by atoms with Crippen molar-refractivity contribution in [2.45, 2.75) is 91.1 Å². The Bertz CT molecular complexity index is 299. The molecule has 0 aromatic rings. The summed E-state index contributed by atoms with van der Waals surface area (Å²) >= 11 is 0. The van der Waals surface area contributed by atoms with E-state index in [0.29, 0.717) is 19.8 Å². The van der Waals surface area contributed by atoms with Crippen molar-refractivity contribution in [3.8, 4) is 0 Å². The first-order valence-corrected chi connectivity index (χ1v) is 9.12. The standard InChI is InChI=1S/C18H35NO4/c1-5-21-18(22-6-2,23-7-3)15-13-11-9-8-10-12-14-17(4)19-16-20/h17H,5-15H2,1-4H3. The van der Waals surface area contributed by atoms with Gasteiger partial charge in [0.15, 0.2) is 0 Å². The molecule has 0 saturated carbocycles. The first-order chi connectivity index (χ1) is 11.1. The van der Waals surface area contributed by atoms with Crippen molar-refractivity contribution in [3.05, 3.63) is 0 Å². The maximum Gasteiger partial charge on any atom is 0.282 e. The van der Waals surface area contributed by atoms with Crippen LogP contribution in [0.15, 0.2) is 4.99 Å². The SMILES string of the molecule is CCOC(CCCCCCCCC(C)N=C=O)(OCC)OCC. The first-order valence-electron chi connectivity index (χ1n) is 9.12. The summed E-state index contributed by atoms with van der Waals surface area (Å²) in [4.78, 5) is 13.8. The molecule has 0 fully saturated rings. The zero-order chi connectivity index (χ0) is 17.4. The lowest BCUT2D eigenvalue weighted by Gasteiger charge is -2.32. The monoisotopic (exact) mass is 329 g/mol. The Morgan fingerprint density at radius 3 is 1.83 bits per heavy atom. The van der Waals surface area contributed by atoms with Crippen LogP contribution in [-0.4, -0.2) is 37.9 Å². The van der Waals surface area contributed by atoms with E-state index in [0.717, 1.165) is 32.1 Å². The van der Waals surface area contributed by atoms with Gasteiger partial charge in [-0.3, -0.25) is 0 Å². The van der Waals surface area contributed by atoms with E-state index in [4.69, 9.17) is 14.2 Å². The Labute approximate surface area is 141 Å². The van der Waals surface area contributed by atoms with E-state index in [1.54, 1.807) is 6.08 Å². The van der Waals surface area contributed by atoms with Gasteiger partial charge in [-0.25, -0.2) is 9.79 Å². The Kier molecular flexibility index (Phi) is 14.4. The van der Waals surface area contributed by atoms with Crippen LogP contribution in [0.1, 0.15) is 79.1 Å². The Morgan fingerprint density at radius 1 is 0.870 bits per heavy atom. The molecule has 0 heterocycles. The predicted molar refractivity (Wildman–Crippen MR) is 92.1 cm³/mol. The molecule has 0 aromatic carbocycles. The van der Waals surface area contributed by atoms with Gasteiger partial charge in [-0.15, -0.1) is 0 Å². The van der Waals surface area contributed by atoms with Gasteiger partial charge in [0, 0.05) is 26.2 Å². The molecule has 0 radical (unpaired) electrons. The van der Waals surface area contributed by atoms with Gasteiger partial charge in [-0.05, 0) is 40.5 Å². The summed E-state index contributed by atoms with van der Waals surface area (Å²) in [6.45, 7) is 9.59. The van der Waals surface area contributed by atoms with Crippen LogP contribution in [0.2, 0.25) is 0 Å². The van der Waals surface area contributed by atoms with Gasteiger partial charge in [0.25, 0.3) is 5.97 Å². The molecule has 136 valence electrons. The Hall–Kier alpha value is -0.740. The van der Waals surface area contributed by atoms with Gasteiger partial charge in [0.1, 0.15) is 0 Å². The van der Waals surface area contributed by atoms with Crippen LogP contribution < -0.4 is 0 Å². The molecule has 0 aliphatic heterocycles. The van der Waals surface area contributed by atoms with Crippen molar-refractivity contribution in [3.63, 3.8) is 0 Å². The molecule has 1 unspecified atom stereocenters. The van der Waals surface area contributed by atoms with Gasteiger partial charge in [-0.2, -0.15) is 0 Å². The summed E-state index contributed by atoms with van der Waals surface area (Å²) in [6.07, 6.45) is 10.3. The molecule has 0 bridgehead atoms. The van der Waals surface area contributed by atoms with E-state index in [1.165, 1.54) is 19.3 Å². The number of hydrogen-bond acceptors (Lipinski definition) is 5. The van der Waals surface area contributed by atoms with E-state index < -0.39 is 5.97 Å². The maximum absolute atomic E-state index is 10.1. The highest BCUT2D eigenvalue weighted by Crippen LogP contribution is 2.24. The molecule has 0 spiro atoms. The molecular formula is C18H35NO4. The molecule has 0 aliphatic rings. The van der Waals surface area contributed by atoms with E-state index in [1.807, 2.05) is 27.7 Å². The molecule has 23 heavy (non-hydrogen) atoms. The van der Waals surface area contributed by atoms with Crippen LogP contribution >= 0.6 is 0 Å². The highest BCUT2D eigenvalue weighted by atomic mass is 16.9. The molecule has 0 amide bonds. The third-order valence-corrected chi connectivity index (χ3v) is 3.72. The lowest BCUT2D eigenvalue weighted by molar-refractivity contribution is -0.380. The minimum absolute atomic E-state index is 0.108. The molecule has 5 nitrogen and oxygen atoms in total. The molecule has 0 saturated heterocycles. The van der Waals surface area contributed by atoms with E-state index in [9.17, 15) is 4.79 Å². The fraction of sp³-hybridized carbons (Fsp3) is 0.944. The smallest absolute Gasteiger partial charge is 0.282 e. The van der Waals surface area contributed by atoms with Crippen LogP contribution in [-0.2, 0) is 19.0 Å². The van der Waals surface area contributed by atoms with Crippen LogP contribution in [0.25, 0.3) is 0 Å². The van der Waals surface area contributed by atoms with Crippen LogP contribution in [0.4, 0.5) is 0 Å². The largest absolute Gasteiger partial charge is 0.328 e. The van der Waals surface area contributed by atoms with Crippen molar-refractivity contribution < 1.29 is 19.0 Å². The second-order valence-electron chi connectivity index (χ2n) is 5.71. The first kappa shape index (κ1) is 22.3. The third kappa shape index (κ3) is 11.4. The van der Waals surface area contributed by atoms with Crippen LogP contribution in [0, 0.1) is 0 Å². The second kappa shape index (κ2) is 14.8.